The first kappa shape index (κ1) is 11.6. The fourth-order valence-corrected chi connectivity index (χ4v) is 2.16. The molecular formula is C9H17N3OS. The Morgan fingerprint density at radius 3 is 2.93 bits per heavy atom. The van der Waals surface area contributed by atoms with Crippen molar-refractivity contribution in [2.45, 2.75) is 18.1 Å². The highest BCUT2D eigenvalue weighted by Crippen LogP contribution is 2.18. The number of rotatable bonds is 5. The molecule has 0 amide bonds. The molecule has 1 heterocycles. The third kappa shape index (κ3) is 3.32. The molecule has 0 aliphatic carbocycles. The van der Waals surface area contributed by atoms with Gasteiger partial charge in [0.25, 0.3) is 0 Å². The molecule has 5 heteroatoms. The molecule has 0 radical (unpaired) electrons. The summed E-state index contributed by atoms with van der Waals surface area (Å²) >= 11 is 1.63. The summed E-state index contributed by atoms with van der Waals surface area (Å²) in [7, 11) is 3.75. The molecule has 2 N–H and O–H groups in total. The fourth-order valence-electron chi connectivity index (χ4n) is 1.20. The number of nitrogens with one attached hydrogen (secondary N) is 1. The monoisotopic (exact) mass is 215 g/mol. The van der Waals surface area contributed by atoms with Gasteiger partial charge >= 0.3 is 0 Å². The molecule has 14 heavy (non-hydrogen) atoms. The first-order valence-electron chi connectivity index (χ1n) is 4.59. The molecule has 1 aromatic rings. The molecule has 1 aromatic heterocycles. The number of hydrogen-bond acceptors (Lipinski definition) is 4. The maximum Gasteiger partial charge on any atom is 0.0940 e. The van der Waals surface area contributed by atoms with Crippen molar-refractivity contribution >= 4 is 11.8 Å². The van der Waals surface area contributed by atoms with Gasteiger partial charge in [-0.2, -0.15) is 5.10 Å². The minimum Gasteiger partial charge on any atom is -0.391 e. The molecule has 0 aliphatic heterocycles. The van der Waals surface area contributed by atoms with E-state index in [1.807, 2.05) is 31.8 Å². The van der Waals surface area contributed by atoms with Gasteiger partial charge in [-0.15, -0.1) is 11.8 Å². The van der Waals surface area contributed by atoms with E-state index >= 15 is 0 Å². The Morgan fingerprint density at radius 2 is 2.43 bits per heavy atom. The Labute approximate surface area is 88.7 Å². The van der Waals surface area contributed by atoms with Gasteiger partial charge in [0.2, 0.25) is 0 Å². The minimum atomic E-state index is -0.305. The van der Waals surface area contributed by atoms with Crippen molar-refractivity contribution in [3.05, 3.63) is 11.8 Å². The number of likely N-dealkylation sites (N-methyl/N-ethyl adjacent to an activating group) is 1. The predicted molar refractivity (Wildman–Crippen MR) is 58.6 cm³/mol. The molecule has 4 nitrogen and oxygen atoms in total. The first-order chi connectivity index (χ1) is 6.63. The molecule has 0 aromatic carbocycles. The van der Waals surface area contributed by atoms with Crippen molar-refractivity contribution in [3.8, 4) is 0 Å². The topological polar surface area (TPSA) is 50.1 Å². The van der Waals surface area contributed by atoms with Crippen LogP contribution in [0.2, 0.25) is 0 Å². The molecule has 0 saturated heterocycles. The fraction of sp³-hybridized carbons (Fsp3) is 0.667. The number of aromatic nitrogens is 2. The Morgan fingerprint density at radius 1 is 1.71 bits per heavy atom. The number of hydrogen-bond donors (Lipinski definition) is 2. The van der Waals surface area contributed by atoms with Crippen molar-refractivity contribution in [3.63, 3.8) is 0 Å². The Balaban J connectivity index is 2.41. The smallest absolute Gasteiger partial charge is 0.0940 e. The van der Waals surface area contributed by atoms with Crippen LogP contribution in [-0.4, -0.2) is 40.3 Å². The second kappa shape index (κ2) is 5.38. The summed E-state index contributed by atoms with van der Waals surface area (Å²) in [5.74, 6) is 0.694. The molecule has 0 bridgehead atoms. The van der Waals surface area contributed by atoms with Crippen LogP contribution < -0.4 is 5.32 Å². The van der Waals surface area contributed by atoms with Gasteiger partial charge in [-0.3, -0.25) is 4.68 Å². The average Bonchev–Trinajstić information content (AvgIpc) is 2.42. The molecule has 0 spiro atoms. The third-order valence-electron chi connectivity index (χ3n) is 1.82. The van der Waals surface area contributed by atoms with Crippen LogP contribution in [0.3, 0.4) is 0 Å². The van der Waals surface area contributed by atoms with Crippen LogP contribution in [0.4, 0.5) is 0 Å². The van der Waals surface area contributed by atoms with Crippen LogP contribution in [0.15, 0.2) is 11.1 Å². The number of aryl methyl sites for hydroxylation is 2. The summed E-state index contributed by atoms with van der Waals surface area (Å²) in [5.41, 5.74) is 1.01. The first-order valence-corrected chi connectivity index (χ1v) is 5.58. The Bertz CT molecular complexity index is 288. The van der Waals surface area contributed by atoms with Gasteiger partial charge < -0.3 is 10.4 Å². The standard InChI is InChI=1S/C9H17N3OS/c1-7-4-9(12(3)11-7)14-6-8(13)5-10-2/h4,8,10,13H,5-6H2,1-3H3. The second-order valence-corrected chi connectivity index (χ2v) is 4.31. The van der Waals surface area contributed by atoms with Gasteiger partial charge in [0, 0.05) is 19.3 Å². The van der Waals surface area contributed by atoms with Crippen LogP contribution in [0.1, 0.15) is 5.69 Å². The van der Waals surface area contributed by atoms with Crippen LogP contribution in [-0.2, 0) is 7.05 Å². The lowest BCUT2D eigenvalue weighted by Gasteiger charge is -2.08. The SMILES string of the molecule is CNCC(O)CSc1cc(C)nn1C. The minimum absolute atomic E-state index is 0.305. The highest BCUT2D eigenvalue weighted by Gasteiger charge is 2.06. The summed E-state index contributed by atoms with van der Waals surface area (Å²) in [6.07, 6.45) is -0.305. The Hall–Kier alpha value is -0.520. The Kier molecular flexibility index (Phi) is 4.44. The van der Waals surface area contributed by atoms with Crippen molar-refractivity contribution in [2.24, 2.45) is 7.05 Å². The maximum atomic E-state index is 9.50. The third-order valence-corrected chi connectivity index (χ3v) is 3.05. The van der Waals surface area contributed by atoms with Crippen LogP contribution in [0.5, 0.6) is 0 Å². The van der Waals surface area contributed by atoms with E-state index in [2.05, 4.69) is 10.4 Å². The maximum absolute atomic E-state index is 9.50. The number of aliphatic hydroxyl groups excluding tert-OH is 1. The second-order valence-electron chi connectivity index (χ2n) is 3.27. The van der Waals surface area contributed by atoms with E-state index in [1.54, 1.807) is 11.8 Å². The summed E-state index contributed by atoms with van der Waals surface area (Å²) in [6, 6.07) is 2.02. The molecule has 80 valence electrons. The van der Waals surface area contributed by atoms with Crippen molar-refractivity contribution < 1.29 is 5.11 Å². The van der Waals surface area contributed by atoms with E-state index < -0.39 is 0 Å². The largest absolute Gasteiger partial charge is 0.391 e. The lowest BCUT2D eigenvalue weighted by atomic mass is 10.4. The van der Waals surface area contributed by atoms with Gasteiger partial charge in [-0.1, -0.05) is 0 Å². The molecule has 1 atom stereocenters. The van der Waals surface area contributed by atoms with Gasteiger partial charge in [-0.05, 0) is 20.0 Å². The van der Waals surface area contributed by atoms with E-state index in [-0.39, 0.29) is 6.10 Å². The van der Waals surface area contributed by atoms with Gasteiger partial charge in [0.15, 0.2) is 0 Å². The predicted octanol–water partition coefficient (Wildman–Crippen LogP) is 0.401. The number of aliphatic hydroxyl groups is 1. The van der Waals surface area contributed by atoms with Crippen LogP contribution in [0.25, 0.3) is 0 Å². The number of thioether (sulfide) groups is 1. The zero-order valence-corrected chi connectivity index (χ0v) is 9.64. The molecule has 0 aliphatic rings. The highest BCUT2D eigenvalue weighted by atomic mass is 32.2. The van der Waals surface area contributed by atoms with E-state index in [4.69, 9.17) is 0 Å². The highest BCUT2D eigenvalue weighted by molar-refractivity contribution is 7.99. The molecule has 0 fully saturated rings. The zero-order chi connectivity index (χ0) is 10.6. The summed E-state index contributed by atoms with van der Waals surface area (Å²) in [5, 5.41) is 17.8. The van der Waals surface area contributed by atoms with Gasteiger partial charge in [0.1, 0.15) is 0 Å². The normalized spacial score (nSPS) is 13.1. The lowest BCUT2D eigenvalue weighted by Crippen LogP contribution is -2.25. The van der Waals surface area contributed by atoms with Crippen molar-refractivity contribution in [2.75, 3.05) is 19.3 Å². The van der Waals surface area contributed by atoms with Crippen LogP contribution >= 0.6 is 11.8 Å². The lowest BCUT2D eigenvalue weighted by molar-refractivity contribution is 0.199. The molecular weight excluding hydrogens is 198 g/mol. The molecule has 1 rings (SSSR count). The van der Waals surface area contributed by atoms with E-state index in [1.165, 1.54) is 0 Å². The van der Waals surface area contributed by atoms with Crippen LogP contribution in [0, 0.1) is 6.92 Å². The zero-order valence-electron chi connectivity index (χ0n) is 8.82. The average molecular weight is 215 g/mol. The van der Waals surface area contributed by atoms with E-state index in [9.17, 15) is 5.11 Å². The van der Waals surface area contributed by atoms with Crippen molar-refractivity contribution in [1.82, 2.24) is 15.1 Å². The summed E-state index contributed by atoms with van der Waals surface area (Å²) < 4.78 is 1.84. The van der Waals surface area contributed by atoms with E-state index in [0.29, 0.717) is 12.3 Å². The molecule has 0 saturated carbocycles. The van der Waals surface area contributed by atoms with Gasteiger partial charge in [-0.25, -0.2) is 0 Å². The van der Waals surface area contributed by atoms with E-state index in [0.717, 1.165) is 10.7 Å². The van der Waals surface area contributed by atoms with Gasteiger partial charge in [0.05, 0.1) is 16.8 Å². The summed E-state index contributed by atoms with van der Waals surface area (Å²) in [4.78, 5) is 0. The van der Waals surface area contributed by atoms with Crippen molar-refractivity contribution in [1.29, 1.82) is 0 Å². The summed E-state index contributed by atoms with van der Waals surface area (Å²) in [6.45, 7) is 2.60. The molecule has 1 unspecified atom stereocenters. The number of nitrogens with zero attached hydrogens (tertiary/aromatic N) is 2. The quantitative estimate of drug-likeness (QED) is 0.698.